The molecule has 0 aliphatic carbocycles. The Morgan fingerprint density at radius 3 is 2.47 bits per heavy atom. The molecule has 0 unspecified atom stereocenters. The SMILES string of the molecule is CCC(N)(CC)C(=O)NCCCCC#N. The smallest absolute Gasteiger partial charge is 0.240 e. The summed E-state index contributed by atoms with van der Waals surface area (Å²) in [4.78, 5) is 11.7. The molecule has 0 spiro atoms. The molecule has 1 amide bonds. The Morgan fingerprint density at radius 2 is 2.00 bits per heavy atom. The van der Waals surface area contributed by atoms with Gasteiger partial charge in [0.1, 0.15) is 0 Å². The Labute approximate surface area is 91.8 Å². The Kier molecular flexibility index (Phi) is 6.72. The molecule has 0 rings (SSSR count). The van der Waals surface area contributed by atoms with Gasteiger partial charge in [0.05, 0.1) is 11.6 Å². The van der Waals surface area contributed by atoms with E-state index in [0.29, 0.717) is 25.8 Å². The predicted octanol–water partition coefficient (Wildman–Crippen LogP) is 1.31. The molecule has 15 heavy (non-hydrogen) atoms. The Bertz CT molecular complexity index is 228. The van der Waals surface area contributed by atoms with Crippen molar-refractivity contribution in [1.82, 2.24) is 5.32 Å². The van der Waals surface area contributed by atoms with E-state index in [1.165, 1.54) is 0 Å². The van der Waals surface area contributed by atoms with E-state index in [9.17, 15) is 4.79 Å². The van der Waals surface area contributed by atoms with Gasteiger partial charge in [-0.3, -0.25) is 4.79 Å². The molecule has 0 heterocycles. The lowest BCUT2D eigenvalue weighted by Gasteiger charge is -2.25. The van der Waals surface area contributed by atoms with Gasteiger partial charge in [-0.15, -0.1) is 0 Å². The lowest BCUT2D eigenvalue weighted by molar-refractivity contribution is -0.126. The largest absolute Gasteiger partial charge is 0.355 e. The fourth-order valence-electron chi connectivity index (χ4n) is 1.28. The average molecular weight is 211 g/mol. The number of hydrogen-bond acceptors (Lipinski definition) is 3. The molecule has 0 atom stereocenters. The third kappa shape index (κ3) is 4.80. The van der Waals surface area contributed by atoms with Gasteiger partial charge in [-0.25, -0.2) is 0 Å². The number of amides is 1. The van der Waals surface area contributed by atoms with Gasteiger partial charge in [0, 0.05) is 13.0 Å². The molecule has 4 nitrogen and oxygen atoms in total. The zero-order valence-corrected chi connectivity index (χ0v) is 9.68. The maximum absolute atomic E-state index is 11.7. The fraction of sp³-hybridized carbons (Fsp3) is 0.818. The summed E-state index contributed by atoms with van der Waals surface area (Å²) in [5.41, 5.74) is 5.19. The zero-order valence-electron chi connectivity index (χ0n) is 9.68. The summed E-state index contributed by atoms with van der Waals surface area (Å²) in [6.07, 6.45) is 3.50. The van der Waals surface area contributed by atoms with Crippen LogP contribution in [0.3, 0.4) is 0 Å². The first kappa shape index (κ1) is 13.9. The number of nitriles is 1. The highest BCUT2D eigenvalue weighted by molar-refractivity contribution is 5.85. The van der Waals surface area contributed by atoms with Crippen LogP contribution in [0.15, 0.2) is 0 Å². The van der Waals surface area contributed by atoms with Crippen molar-refractivity contribution >= 4 is 5.91 Å². The third-order valence-corrected chi connectivity index (χ3v) is 2.71. The molecule has 86 valence electrons. The summed E-state index contributed by atoms with van der Waals surface area (Å²) in [5.74, 6) is -0.0792. The predicted molar refractivity (Wildman–Crippen MR) is 60.0 cm³/mol. The van der Waals surface area contributed by atoms with E-state index in [1.807, 2.05) is 13.8 Å². The summed E-state index contributed by atoms with van der Waals surface area (Å²) < 4.78 is 0. The lowest BCUT2D eigenvalue weighted by Crippen LogP contribution is -2.53. The molecular formula is C11H21N3O. The van der Waals surface area contributed by atoms with Gasteiger partial charge < -0.3 is 11.1 Å². The van der Waals surface area contributed by atoms with E-state index in [2.05, 4.69) is 11.4 Å². The zero-order chi connectivity index (χ0) is 11.7. The van der Waals surface area contributed by atoms with E-state index >= 15 is 0 Å². The van der Waals surface area contributed by atoms with Gasteiger partial charge in [-0.2, -0.15) is 5.26 Å². The molecular weight excluding hydrogens is 190 g/mol. The van der Waals surface area contributed by atoms with Gasteiger partial charge in [0.15, 0.2) is 0 Å². The van der Waals surface area contributed by atoms with Gasteiger partial charge in [-0.05, 0) is 25.7 Å². The number of carbonyl (C=O) groups is 1. The minimum absolute atomic E-state index is 0.0792. The van der Waals surface area contributed by atoms with Gasteiger partial charge >= 0.3 is 0 Å². The number of nitrogens with one attached hydrogen (secondary N) is 1. The van der Waals surface area contributed by atoms with Crippen LogP contribution in [0.5, 0.6) is 0 Å². The molecule has 4 heteroatoms. The number of hydrogen-bond donors (Lipinski definition) is 2. The first-order valence-electron chi connectivity index (χ1n) is 5.54. The summed E-state index contributed by atoms with van der Waals surface area (Å²) in [6, 6.07) is 2.07. The monoisotopic (exact) mass is 211 g/mol. The van der Waals surface area contributed by atoms with Crippen LogP contribution in [-0.2, 0) is 4.79 Å². The van der Waals surface area contributed by atoms with Crippen molar-refractivity contribution in [2.24, 2.45) is 5.73 Å². The van der Waals surface area contributed by atoms with Gasteiger partial charge in [-0.1, -0.05) is 13.8 Å². The van der Waals surface area contributed by atoms with Crippen molar-refractivity contribution in [3.63, 3.8) is 0 Å². The van der Waals surface area contributed by atoms with Gasteiger partial charge in [0.25, 0.3) is 0 Å². The molecule has 3 N–H and O–H groups in total. The number of rotatable bonds is 7. The molecule has 0 aromatic heterocycles. The van der Waals surface area contributed by atoms with Crippen LogP contribution in [0.25, 0.3) is 0 Å². The minimum atomic E-state index is -0.727. The normalized spacial score (nSPS) is 10.8. The fourth-order valence-corrected chi connectivity index (χ4v) is 1.28. The first-order valence-corrected chi connectivity index (χ1v) is 5.54. The van der Waals surface area contributed by atoms with Crippen molar-refractivity contribution in [3.05, 3.63) is 0 Å². The Morgan fingerprint density at radius 1 is 1.40 bits per heavy atom. The number of carbonyl (C=O) groups excluding carboxylic acids is 1. The van der Waals surface area contributed by atoms with Crippen molar-refractivity contribution in [3.8, 4) is 6.07 Å². The van der Waals surface area contributed by atoms with Crippen molar-refractivity contribution in [2.45, 2.75) is 51.5 Å². The second kappa shape index (κ2) is 7.24. The van der Waals surface area contributed by atoms with E-state index < -0.39 is 5.54 Å². The average Bonchev–Trinajstić information content (AvgIpc) is 2.27. The van der Waals surface area contributed by atoms with Gasteiger partial charge in [0.2, 0.25) is 5.91 Å². The molecule has 0 aromatic carbocycles. The van der Waals surface area contributed by atoms with E-state index in [1.54, 1.807) is 0 Å². The molecule has 0 saturated heterocycles. The highest BCUT2D eigenvalue weighted by Crippen LogP contribution is 2.10. The molecule has 0 fully saturated rings. The molecule has 0 aliphatic heterocycles. The quantitative estimate of drug-likeness (QED) is 0.623. The minimum Gasteiger partial charge on any atom is -0.355 e. The van der Waals surface area contributed by atoms with Crippen LogP contribution in [0.2, 0.25) is 0 Å². The second-order valence-corrected chi connectivity index (χ2v) is 3.73. The second-order valence-electron chi connectivity index (χ2n) is 3.73. The topological polar surface area (TPSA) is 78.9 Å². The van der Waals surface area contributed by atoms with Crippen LogP contribution in [0, 0.1) is 11.3 Å². The van der Waals surface area contributed by atoms with E-state index in [-0.39, 0.29) is 5.91 Å². The number of nitrogens with two attached hydrogens (primary N) is 1. The summed E-state index contributed by atoms with van der Waals surface area (Å²) in [5, 5.41) is 11.1. The summed E-state index contributed by atoms with van der Waals surface area (Å²) in [7, 11) is 0. The Balaban J connectivity index is 3.78. The molecule has 0 radical (unpaired) electrons. The summed E-state index contributed by atoms with van der Waals surface area (Å²) in [6.45, 7) is 4.44. The van der Waals surface area contributed by atoms with Crippen molar-refractivity contribution < 1.29 is 4.79 Å². The van der Waals surface area contributed by atoms with Crippen LogP contribution < -0.4 is 11.1 Å². The van der Waals surface area contributed by atoms with Crippen LogP contribution >= 0.6 is 0 Å². The lowest BCUT2D eigenvalue weighted by atomic mass is 9.93. The van der Waals surface area contributed by atoms with Crippen molar-refractivity contribution in [1.29, 1.82) is 5.26 Å². The summed E-state index contributed by atoms with van der Waals surface area (Å²) >= 11 is 0. The molecule has 0 bridgehead atoms. The first-order chi connectivity index (χ1) is 7.10. The van der Waals surface area contributed by atoms with Crippen LogP contribution in [-0.4, -0.2) is 18.0 Å². The van der Waals surface area contributed by atoms with Crippen molar-refractivity contribution in [2.75, 3.05) is 6.54 Å². The maximum Gasteiger partial charge on any atom is 0.240 e. The highest BCUT2D eigenvalue weighted by atomic mass is 16.2. The Hall–Kier alpha value is -1.08. The third-order valence-electron chi connectivity index (χ3n) is 2.71. The highest BCUT2D eigenvalue weighted by Gasteiger charge is 2.29. The standard InChI is InChI=1S/C11H21N3O/c1-3-11(13,4-2)10(15)14-9-7-5-6-8-12/h3-7,9,13H2,1-2H3,(H,14,15). The van der Waals surface area contributed by atoms with Crippen LogP contribution in [0.1, 0.15) is 46.0 Å². The van der Waals surface area contributed by atoms with E-state index in [0.717, 1.165) is 12.8 Å². The van der Waals surface area contributed by atoms with E-state index in [4.69, 9.17) is 11.0 Å². The number of unbranched alkanes of at least 4 members (excludes halogenated alkanes) is 2. The molecule has 0 aromatic rings. The maximum atomic E-state index is 11.7. The molecule has 0 saturated carbocycles. The number of nitrogens with zero attached hydrogens (tertiary/aromatic N) is 1. The van der Waals surface area contributed by atoms with Crippen LogP contribution in [0.4, 0.5) is 0 Å². The molecule has 0 aliphatic rings.